The lowest BCUT2D eigenvalue weighted by molar-refractivity contribution is 0.0595. The zero-order chi connectivity index (χ0) is 15.2. The van der Waals surface area contributed by atoms with Gasteiger partial charge in [-0.15, -0.1) is 0 Å². The van der Waals surface area contributed by atoms with Crippen LogP contribution in [-0.4, -0.2) is 13.1 Å². The monoisotopic (exact) mass is 287 g/mol. The van der Waals surface area contributed by atoms with Crippen LogP contribution in [0.5, 0.6) is 0 Å². The zero-order valence-corrected chi connectivity index (χ0v) is 12.2. The maximum Gasteiger partial charge on any atom is 0.340 e. The Balaban J connectivity index is 1.95. The van der Waals surface area contributed by atoms with Crippen LogP contribution in [0.2, 0.25) is 0 Å². The van der Waals surface area contributed by atoms with E-state index in [4.69, 9.17) is 0 Å². The van der Waals surface area contributed by atoms with E-state index in [1.165, 1.54) is 30.4 Å². The standard InChI is InChI=1S/C17H18FNO2/c1-12-4-3-5-13(8-12)10-19-11-14-6-7-15(16(18)9-14)17(20)21-2/h3-9,19H,10-11H2,1-2H3. The SMILES string of the molecule is COC(=O)c1ccc(CNCc2cccc(C)c2)cc1F. The summed E-state index contributed by atoms with van der Waals surface area (Å²) in [4.78, 5) is 11.3. The Bertz CT molecular complexity index is 640. The largest absolute Gasteiger partial charge is 0.465 e. The van der Waals surface area contributed by atoms with Crippen LogP contribution in [-0.2, 0) is 17.8 Å². The summed E-state index contributed by atoms with van der Waals surface area (Å²) in [6.45, 7) is 3.29. The average molecular weight is 287 g/mol. The summed E-state index contributed by atoms with van der Waals surface area (Å²) < 4.78 is 18.3. The fourth-order valence-corrected chi connectivity index (χ4v) is 2.12. The van der Waals surface area contributed by atoms with Gasteiger partial charge in [0.25, 0.3) is 0 Å². The number of ether oxygens (including phenoxy) is 1. The minimum atomic E-state index is -0.660. The van der Waals surface area contributed by atoms with Gasteiger partial charge in [-0.2, -0.15) is 0 Å². The Morgan fingerprint density at radius 3 is 2.48 bits per heavy atom. The number of halogens is 1. The predicted molar refractivity (Wildman–Crippen MR) is 79.5 cm³/mol. The van der Waals surface area contributed by atoms with Gasteiger partial charge in [0.15, 0.2) is 0 Å². The second-order valence-electron chi connectivity index (χ2n) is 4.90. The van der Waals surface area contributed by atoms with Crippen LogP contribution < -0.4 is 5.32 Å². The minimum Gasteiger partial charge on any atom is -0.465 e. The molecule has 1 N–H and O–H groups in total. The first-order chi connectivity index (χ1) is 10.1. The molecule has 0 atom stereocenters. The van der Waals surface area contributed by atoms with Crippen LogP contribution in [0, 0.1) is 12.7 Å². The molecule has 2 rings (SSSR count). The van der Waals surface area contributed by atoms with Gasteiger partial charge in [0, 0.05) is 13.1 Å². The van der Waals surface area contributed by atoms with Crippen LogP contribution in [0.25, 0.3) is 0 Å². The topological polar surface area (TPSA) is 38.3 Å². The summed E-state index contributed by atoms with van der Waals surface area (Å²) in [6, 6.07) is 12.7. The summed E-state index contributed by atoms with van der Waals surface area (Å²) in [7, 11) is 1.24. The molecule has 0 bridgehead atoms. The molecule has 3 nitrogen and oxygen atoms in total. The number of nitrogens with one attached hydrogen (secondary N) is 1. The third-order valence-corrected chi connectivity index (χ3v) is 3.18. The molecule has 0 amide bonds. The van der Waals surface area contributed by atoms with Gasteiger partial charge in [-0.1, -0.05) is 35.9 Å². The van der Waals surface area contributed by atoms with Gasteiger partial charge in [-0.05, 0) is 30.2 Å². The van der Waals surface area contributed by atoms with E-state index in [2.05, 4.69) is 16.1 Å². The van der Waals surface area contributed by atoms with Gasteiger partial charge in [0.05, 0.1) is 12.7 Å². The quantitative estimate of drug-likeness (QED) is 0.858. The first-order valence-electron chi connectivity index (χ1n) is 6.73. The summed E-state index contributed by atoms with van der Waals surface area (Å²) in [6.07, 6.45) is 0. The molecular weight excluding hydrogens is 269 g/mol. The van der Waals surface area contributed by atoms with E-state index in [-0.39, 0.29) is 5.56 Å². The molecule has 2 aromatic carbocycles. The highest BCUT2D eigenvalue weighted by atomic mass is 19.1. The molecule has 0 aromatic heterocycles. The van der Waals surface area contributed by atoms with E-state index in [9.17, 15) is 9.18 Å². The molecule has 110 valence electrons. The fraction of sp³-hybridized carbons (Fsp3) is 0.235. The molecular formula is C17H18FNO2. The van der Waals surface area contributed by atoms with Crippen molar-refractivity contribution in [2.75, 3.05) is 7.11 Å². The molecule has 0 saturated heterocycles. The lowest BCUT2D eigenvalue weighted by atomic mass is 10.1. The van der Waals surface area contributed by atoms with Crippen LogP contribution in [0.1, 0.15) is 27.0 Å². The van der Waals surface area contributed by atoms with Gasteiger partial charge in [0.2, 0.25) is 0 Å². The summed E-state index contributed by atoms with van der Waals surface area (Å²) >= 11 is 0. The van der Waals surface area contributed by atoms with Crippen LogP contribution in [0.15, 0.2) is 42.5 Å². The van der Waals surface area contributed by atoms with Crippen molar-refractivity contribution in [2.45, 2.75) is 20.0 Å². The zero-order valence-electron chi connectivity index (χ0n) is 12.2. The average Bonchev–Trinajstić information content (AvgIpc) is 2.47. The third-order valence-electron chi connectivity index (χ3n) is 3.18. The van der Waals surface area contributed by atoms with Crippen molar-refractivity contribution in [3.05, 3.63) is 70.5 Å². The first-order valence-corrected chi connectivity index (χ1v) is 6.73. The third kappa shape index (κ3) is 4.13. The first kappa shape index (κ1) is 15.2. The van der Waals surface area contributed by atoms with Crippen molar-refractivity contribution < 1.29 is 13.9 Å². The van der Waals surface area contributed by atoms with Gasteiger partial charge in [-0.25, -0.2) is 9.18 Å². The second kappa shape index (κ2) is 6.99. The molecule has 0 spiro atoms. The summed E-state index contributed by atoms with van der Waals surface area (Å²) in [5, 5.41) is 3.25. The van der Waals surface area contributed by atoms with Crippen molar-refractivity contribution in [1.82, 2.24) is 5.32 Å². The second-order valence-corrected chi connectivity index (χ2v) is 4.90. The number of hydrogen-bond donors (Lipinski definition) is 1. The smallest absolute Gasteiger partial charge is 0.340 e. The number of carbonyl (C=O) groups is 1. The molecule has 0 saturated carbocycles. The fourth-order valence-electron chi connectivity index (χ4n) is 2.12. The van der Waals surface area contributed by atoms with Crippen molar-refractivity contribution in [3.8, 4) is 0 Å². The Labute approximate surface area is 123 Å². The van der Waals surface area contributed by atoms with Gasteiger partial charge in [-0.3, -0.25) is 0 Å². The highest BCUT2D eigenvalue weighted by Gasteiger charge is 2.11. The highest BCUT2D eigenvalue weighted by Crippen LogP contribution is 2.12. The predicted octanol–water partition coefficient (Wildman–Crippen LogP) is 3.21. The molecule has 0 unspecified atom stereocenters. The Hall–Kier alpha value is -2.20. The van der Waals surface area contributed by atoms with Gasteiger partial charge >= 0.3 is 5.97 Å². The molecule has 0 aliphatic heterocycles. The number of methoxy groups -OCH3 is 1. The van der Waals surface area contributed by atoms with E-state index >= 15 is 0 Å². The number of hydrogen-bond acceptors (Lipinski definition) is 3. The van der Waals surface area contributed by atoms with Crippen molar-refractivity contribution >= 4 is 5.97 Å². The highest BCUT2D eigenvalue weighted by molar-refractivity contribution is 5.89. The number of aryl methyl sites for hydroxylation is 1. The van der Waals surface area contributed by atoms with Crippen LogP contribution in [0.3, 0.4) is 0 Å². The molecule has 4 heteroatoms. The van der Waals surface area contributed by atoms with Gasteiger partial charge in [0.1, 0.15) is 5.82 Å². The lowest BCUT2D eigenvalue weighted by Gasteiger charge is -2.07. The number of esters is 1. The molecule has 0 radical (unpaired) electrons. The molecule has 0 heterocycles. The van der Waals surface area contributed by atoms with Crippen LogP contribution >= 0.6 is 0 Å². The Kier molecular flexibility index (Phi) is 5.06. The van der Waals surface area contributed by atoms with Crippen LogP contribution in [0.4, 0.5) is 4.39 Å². The molecule has 2 aromatic rings. The summed E-state index contributed by atoms with van der Waals surface area (Å²) in [5.74, 6) is -1.22. The van der Waals surface area contributed by atoms with Crippen molar-refractivity contribution in [1.29, 1.82) is 0 Å². The van der Waals surface area contributed by atoms with Gasteiger partial charge < -0.3 is 10.1 Å². The number of rotatable bonds is 5. The summed E-state index contributed by atoms with van der Waals surface area (Å²) in [5.41, 5.74) is 3.14. The Morgan fingerprint density at radius 1 is 1.14 bits per heavy atom. The molecule has 0 aliphatic rings. The van der Waals surface area contributed by atoms with E-state index in [1.54, 1.807) is 6.07 Å². The minimum absolute atomic E-state index is 0.0417. The maximum atomic E-state index is 13.8. The molecule has 21 heavy (non-hydrogen) atoms. The van der Waals surface area contributed by atoms with E-state index in [1.807, 2.05) is 25.1 Å². The van der Waals surface area contributed by atoms with E-state index < -0.39 is 11.8 Å². The maximum absolute atomic E-state index is 13.8. The number of carbonyl (C=O) groups excluding carboxylic acids is 1. The molecule has 0 fully saturated rings. The van der Waals surface area contributed by atoms with Crippen molar-refractivity contribution in [3.63, 3.8) is 0 Å². The van der Waals surface area contributed by atoms with E-state index in [0.717, 1.165) is 5.56 Å². The normalized spacial score (nSPS) is 10.4. The van der Waals surface area contributed by atoms with E-state index in [0.29, 0.717) is 13.1 Å². The number of benzene rings is 2. The van der Waals surface area contributed by atoms with Crippen molar-refractivity contribution in [2.24, 2.45) is 0 Å². The lowest BCUT2D eigenvalue weighted by Crippen LogP contribution is -2.13. The Morgan fingerprint density at radius 2 is 1.86 bits per heavy atom. The molecule has 0 aliphatic carbocycles.